The quantitative estimate of drug-likeness (QED) is 0.613. The van der Waals surface area contributed by atoms with Gasteiger partial charge in [0.25, 0.3) is 0 Å². The molecule has 18 heavy (non-hydrogen) atoms. The van der Waals surface area contributed by atoms with Crippen LogP contribution >= 0.6 is 11.3 Å². The second-order valence-corrected chi connectivity index (χ2v) is 4.85. The summed E-state index contributed by atoms with van der Waals surface area (Å²) in [5, 5.41) is 2.02. The number of ether oxygens (including phenoxy) is 1. The van der Waals surface area contributed by atoms with Crippen LogP contribution in [0.4, 0.5) is 0 Å². The van der Waals surface area contributed by atoms with Gasteiger partial charge in [-0.2, -0.15) is 0 Å². The predicted octanol–water partition coefficient (Wildman–Crippen LogP) is 3.96. The Hall–Kier alpha value is -1.87. The fourth-order valence-corrected chi connectivity index (χ4v) is 2.40. The molecule has 3 heteroatoms. The van der Waals surface area contributed by atoms with Crippen LogP contribution in [-0.2, 0) is 0 Å². The minimum atomic E-state index is -0.0123. The standard InChI is InChI=1S/C15H14O2S/c1-11-8-9-18-15(11)7-6-14(16)12-4-3-5-13(10-12)17-2/h3-10H,1-2H3. The fraction of sp³-hybridized carbons (Fsp3) is 0.133. The lowest BCUT2D eigenvalue weighted by molar-refractivity contribution is 0.104. The molecule has 1 heterocycles. The number of methoxy groups -OCH3 is 1. The van der Waals surface area contributed by atoms with Gasteiger partial charge in [0.15, 0.2) is 5.78 Å². The molecule has 0 N–H and O–H groups in total. The van der Waals surface area contributed by atoms with Crippen molar-refractivity contribution in [3.63, 3.8) is 0 Å². The van der Waals surface area contributed by atoms with Gasteiger partial charge < -0.3 is 4.74 Å². The third kappa shape index (κ3) is 2.87. The molecule has 0 spiro atoms. The molecule has 0 aliphatic carbocycles. The van der Waals surface area contributed by atoms with Crippen molar-refractivity contribution in [2.75, 3.05) is 7.11 Å². The average Bonchev–Trinajstić information content (AvgIpc) is 2.81. The summed E-state index contributed by atoms with van der Waals surface area (Å²) in [7, 11) is 1.59. The SMILES string of the molecule is COc1cccc(C(=O)C=Cc2sccc2C)c1. The Morgan fingerprint density at radius 2 is 2.17 bits per heavy atom. The highest BCUT2D eigenvalue weighted by atomic mass is 32.1. The third-order valence-corrected chi connectivity index (χ3v) is 3.63. The van der Waals surface area contributed by atoms with Crippen LogP contribution in [0.2, 0.25) is 0 Å². The fourth-order valence-electron chi connectivity index (χ4n) is 1.58. The Balaban J connectivity index is 2.17. The topological polar surface area (TPSA) is 26.3 Å². The monoisotopic (exact) mass is 258 g/mol. The molecule has 0 saturated carbocycles. The highest BCUT2D eigenvalue weighted by Crippen LogP contribution is 2.18. The summed E-state index contributed by atoms with van der Waals surface area (Å²) in [5.74, 6) is 0.684. The minimum absolute atomic E-state index is 0.0123. The van der Waals surface area contributed by atoms with Crippen molar-refractivity contribution >= 4 is 23.2 Å². The summed E-state index contributed by atoms with van der Waals surface area (Å²) in [4.78, 5) is 13.1. The minimum Gasteiger partial charge on any atom is -0.497 e. The second-order valence-electron chi connectivity index (χ2n) is 3.90. The Labute approximate surface area is 111 Å². The van der Waals surface area contributed by atoms with E-state index in [9.17, 15) is 4.79 Å². The maximum absolute atomic E-state index is 12.0. The second kappa shape index (κ2) is 5.65. The van der Waals surface area contributed by atoms with Crippen LogP contribution in [-0.4, -0.2) is 12.9 Å². The number of carbonyl (C=O) groups is 1. The predicted molar refractivity (Wildman–Crippen MR) is 75.4 cm³/mol. The van der Waals surface area contributed by atoms with E-state index >= 15 is 0 Å². The number of aryl methyl sites for hydroxylation is 1. The molecule has 0 aliphatic heterocycles. The first-order valence-corrected chi connectivity index (χ1v) is 6.49. The molecule has 0 bridgehead atoms. The zero-order valence-electron chi connectivity index (χ0n) is 10.3. The van der Waals surface area contributed by atoms with E-state index in [-0.39, 0.29) is 5.78 Å². The van der Waals surface area contributed by atoms with Crippen molar-refractivity contribution in [2.45, 2.75) is 6.92 Å². The van der Waals surface area contributed by atoms with E-state index in [1.807, 2.05) is 36.6 Å². The molecule has 92 valence electrons. The van der Waals surface area contributed by atoms with E-state index in [0.29, 0.717) is 11.3 Å². The van der Waals surface area contributed by atoms with Crippen molar-refractivity contribution in [2.24, 2.45) is 0 Å². The first-order valence-electron chi connectivity index (χ1n) is 5.61. The number of hydrogen-bond acceptors (Lipinski definition) is 3. The Bertz CT molecular complexity index is 582. The van der Waals surface area contributed by atoms with Crippen LogP contribution in [0.5, 0.6) is 5.75 Å². The zero-order valence-corrected chi connectivity index (χ0v) is 11.2. The molecule has 1 aromatic carbocycles. The summed E-state index contributed by atoms with van der Waals surface area (Å²) < 4.78 is 5.10. The molecule has 2 aromatic rings. The van der Waals surface area contributed by atoms with Gasteiger partial charge in [0.2, 0.25) is 0 Å². The van der Waals surface area contributed by atoms with E-state index in [1.165, 1.54) is 5.56 Å². The molecule has 2 nitrogen and oxygen atoms in total. The average molecular weight is 258 g/mol. The highest BCUT2D eigenvalue weighted by Gasteiger charge is 2.03. The zero-order chi connectivity index (χ0) is 13.0. The number of benzene rings is 1. The smallest absolute Gasteiger partial charge is 0.186 e. The number of allylic oxidation sites excluding steroid dienone is 1. The van der Waals surface area contributed by atoms with Gasteiger partial charge in [0.05, 0.1) is 7.11 Å². The Morgan fingerprint density at radius 3 is 2.83 bits per heavy atom. The van der Waals surface area contributed by atoms with Crippen LogP contribution in [0, 0.1) is 6.92 Å². The summed E-state index contributed by atoms with van der Waals surface area (Å²) in [5.41, 5.74) is 1.83. The molecular formula is C15H14O2S. The van der Waals surface area contributed by atoms with Crippen molar-refractivity contribution in [3.8, 4) is 5.75 Å². The van der Waals surface area contributed by atoms with E-state index in [4.69, 9.17) is 4.74 Å². The summed E-state index contributed by atoms with van der Waals surface area (Å²) in [6, 6.07) is 9.21. The molecule has 0 fully saturated rings. The highest BCUT2D eigenvalue weighted by molar-refractivity contribution is 7.11. The summed E-state index contributed by atoms with van der Waals surface area (Å²) >= 11 is 1.63. The normalized spacial score (nSPS) is 10.8. The lowest BCUT2D eigenvalue weighted by Crippen LogP contribution is -1.94. The molecule has 0 aliphatic rings. The maximum Gasteiger partial charge on any atom is 0.186 e. The van der Waals surface area contributed by atoms with Gasteiger partial charge in [-0.25, -0.2) is 0 Å². The van der Waals surface area contributed by atoms with Gasteiger partial charge in [-0.3, -0.25) is 4.79 Å². The molecule has 0 unspecified atom stereocenters. The summed E-state index contributed by atoms with van der Waals surface area (Å²) in [6.45, 7) is 2.03. The van der Waals surface area contributed by atoms with E-state index < -0.39 is 0 Å². The number of ketones is 1. The van der Waals surface area contributed by atoms with E-state index in [2.05, 4.69) is 0 Å². The largest absolute Gasteiger partial charge is 0.497 e. The van der Waals surface area contributed by atoms with Crippen molar-refractivity contribution < 1.29 is 9.53 Å². The van der Waals surface area contributed by atoms with Crippen molar-refractivity contribution in [1.29, 1.82) is 0 Å². The van der Waals surface area contributed by atoms with Gasteiger partial charge in [0.1, 0.15) is 5.75 Å². The van der Waals surface area contributed by atoms with Crippen LogP contribution in [0.3, 0.4) is 0 Å². The molecule has 0 radical (unpaired) electrons. The number of thiophene rings is 1. The van der Waals surface area contributed by atoms with E-state index in [1.54, 1.807) is 36.7 Å². The molecule has 0 saturated heterocycles. The third-order valence-electron chi connectivity index (χ3n) is 2.64. The van der Waals surface area contributed by atoms with Crippen LogP contribution < -0.4 is 4.74 Å². The van der Waals surface area contributed by atoms with Gasteiger partial charge in [-0.15, -0.1) is 11.3 Å². The van der Waals surface area contributed by atoms with E-state index in [0.717, 1.165) is 4.88 Å². The molecule has 2 rings (SSSR count). The summed E-state index contributed by atoms with van der Waals surface area (Å²) in [6.07, 6.45) is 3.47. The molecule has 1 aromatic heterocycles. The first-order chi connectivity index (χ1) is 8.70. The van der Waals surface area contributed by atoms with Gasteiger partial charge in [0, 0.05) is 10.4 Å². The van der Waals surface area contributed by atoms with Gasteiger partial charge >= 0.3 is 0 Å². The van der Waals surface area contributed by atoms with Crippen LogP contribution in [0.1, 0.15) is 20.8 Å². The Kier molecular flexibility index (Phi) is 3.95. The van der Waals surface area contributed by atoms with Gasteiger partial charge in [-0.05, 0) is 48.2 Å². The first kappa shape index (κ1) is 12.6. The molecule has 0 amide bonds. The number of hydrogen-bond donors (Lipinski definition) is 0. The Morgan fingerprint density at radius 1 is 1.33 bits per heavy atom. The lowest BCUT2D eigenvalue weighted by atomic mass is 10.1. The van der Waals surface area contributed by atoms with Gasteiger partial charge in [-0.1, -0.05) is 12.1 Å². The molecule has 0 atom stereocenters. The lowest BCUT2D eigenvalue weighted by Gasteiger charge is -2.00. The number of carbonyl (C=O) groups excluding carboxylic acids is 1. The molecular weight excluding hydrogens is 244 g/mol. The van der Waals surface area contributed by atoms with Crippen molar-refractivity contribution in [3.05, 3.63) is 57.8 Å². The van der Waals surface area contributed by atoms with Crippen LogP contribution in [0.15, 0.2) is 41.8 Å². The van der Waals surface area contributed by atoms with Crippen molar-refractivity contribution in [1.82, 2.24) is 0 Å². The van der Waals surface area contributed by atoms with Crippen LogP contribution in [0.25, 0.3) is 6.08 Å². The maximum atomic E-state index is 12.0. The number of rotatable bonds is 4.